The fraction of sp³-hybridized carbons (Fsp3) is 1.00. The van der Waals surface area contributed by atoms with Crippen molar-refractivity contribution >= 4 is 46.3 Å². The molecule has 68 valence electrons. The van der Waals surface area contributed by atoms with Gasteiger partial charge in [0.2, 0.25) is 0 Å². The van der Waals surface area contributed by atoms with Gasteiger partial charge in [0.15, 0.2) is 6.90 Å². The van der Waals surface area contributed by atoms with E-state index in [9.17, 15) is 0 Å². The Morgan fingerprint density at radius 2 is 1.18 bits per heavy atom. The van der Waals surface area contributed by atoms with Crippen LogP contribution in [0.2, 0.25) is 18.1 Å². The molecule has 0 saturated carbocycles. The zero-order chi connectivity index (χ0) is 9.12. The summed E-state index contributed by atoms with van der Waals surface area (Å²) in [6.07, 6.45) is -2.08. The van der Waals surface area contributed by atoms with Crippen LogP contribution in [0.15, 0.2) is 0 Å². The Kier molecular flexibility index (Phi) is 5.05. The first-order valence-electron chi connectivity index (χ1n) is 4.00. The van der Waals surface area contributed by atoms with Crippen molar-refractivity contribution in [2.24, 2.45) is 0 Å². The van der Waals surface area contributed by atoms with Crippen molar-refractivity contribution in [3.63, 3.8) is 0 Å². The summed E-state index contributed by atoms with van der Waals surface area (Å²) in [6, 6.07) is 2.88. The SMILES string of the molecule is CC[Si](Cl)(Cl)[Si](Cl)(CC)CC. The molecular formula is C6H15Cl3Si2. The summed E-state index contributed by atoms with van der Waals surface area (Å²) in [4.78, 5) is 0. The van der Waals surface area contributed by atoms with Crippen LogP contribution < -0.4 is 0 Å². The molecule has 0 atom stereocenters. The predicted octanol–water partition coefficient (Wildman–Crippen LogP) is 4.23. The summed E-state index contributed by atoms with van der Waals surface area (Å²) in [5, 5.41) is 0. The van der Waals surface area contributed by atoms with Crippen LogP contribution in [0, 0.1) is 0 Å². The number of rotatable bonds is 4. The van der Waals surface area contributed by atoms with E-state index in [-0.39, 0.29) is 0 Å². The molecule has 0 aliphatic heterocycles. The Morgan fingerprint density at radius 3 is 1.27 bits per heavy atom. The second kappa shape index (κ2) is 4.51. The largest absolute Gasteiger partial charge is 0.256 e. The Labute approximate surface area is 85.1 Å². The van der Waals surface area contributed by atoms with E-state index >= 15 is 0 Å². The Balaban J connectivity index is 4.47. The van der Waals surface area contributed by atoms with Crippen molar-refractivity contribution in [3.8, 4) is 0 Å². The van der Waals surface area contributed by atoms with E-state index < -0.39 is 13.1 Å². The van der Waals surface area contributed by atoms with Gasteiger partial charge < -0.3 is 0 Å². The molecule has 0 aromatic carbocycles. The lowest BCUT2D eigenvalue weighted by Gasteiger charge is -2.31. The van der Waals surface area contributed by atoms with E-state index in [0.29, 0.717) is 0 Å². The van der Waals surface area contributed by atoms with Crippen LogP contribution in [0.4, 0.5) is 0 Å². The van der Waals surface area contributed by atoms with Crippen LogP contribution in [0.25, 0.3) is 0 Å². The Hall–Kier alpha value is 1.30. The number of hydrogen-bond acceptors (Lipinski definition) is 0. The molecular weight excluding hydrogens is 235 g/mol. The number of halogens is 3. The summed E-state index contributed by atoms with van der Waals surface area (Å²) in [6.45, 7) is 4.46. The molecule has 0 fully saturated rings. The lowest BCUT2D eigenvalue weighted by atomic mass is 11.0. The van der Waals surface area contributed by atoms with Crippen LogP contribution in [-0.4, -0.2) is 13.1 Å². The highest BCUT2D eigenvalue weighted by Crippen LogP contribution is 2.39. The monoisotopic (exact) mass is 248 g/mol. The molecule has 0 aliphatic carbocycles. The maximum atomic E-state index is 6.44. The van der Waals surface area contributed by atoms with Crippen LogP contribution in [0.3, 0.4) is 0 Å². The second-order valence-electron chi connectivity index (χ2n) is 2.73. The first-order chi connectivity index (χ1) is 4.93. The maximum Gasteiger partial charge on any atom is 0.256 e. The van der Waals surface area contributed by atoms with Gasteiger partial charge in [0.25, 0.3) is 6.21 Å². The molecule has 0 aromatic rings. The average molecular weight is 250 g/mol. The second-order valence-corrected chi connectivity index (χ2v) is 23.1. The smallest absolute Gasteiger partial charge is 0.167 e. The van der Waals surface area contributed by atoms with Gasteiger partial charge in [0, 0.05) is 0 Å². The molecule has 0 aromatic heterocycles. The van der Waals surface area contributed by atoms with Gasteiger partial charge in [-0.15, -0.1) is 22.2 Å². The summed E-state index contributed by atoms with van der Waals surface area (Å²) in [5.74, 6) is 0. The zero-order valence-corrected chi connectivity index (χ0v) is 11.5. The van der Waals surface area contributed by atoms with Crippen molar-refractivity contribution in [3.05, 3.63) is 0 Å². The molecule has 0 nitrogen and oxygen atoms in total. The maximum absolute atomic E-state index is 6.44. The first kappa shape index (κ1) is 12.3. The predicted molar refractivity (Wildman–Crippen MR) is 60.5 cm³/mol. The third kappa shape index (κ3) is 2.63. The van der Waals surface area contributed by atoms with Gasteiger partial charge in [-0.3, -0.25) is 0 Å². The van der Waals surface area contributed by atoms with E-state index in [1.54, 1.807) is 0 Å². The van der Waals surface area contributed by atoms with Crippen LogP contribution >= 0.6 is 33.2 Å². The first-order valence-corrected chi connectivity index (χ1v) is 12.7. The Bertz CT molecular complexity index is 123. The summed E-state index contributed by atoms with van der Waals surface area (Å²) in [5.41, 5.74) is 0. The van der Waals surface area contributed by atoms with Gasteiger partial charge in [0.05, 0.1) is 0 Å². The summed E-state index contributed by atoms with van der Waals surface area (Å²) < 4.78 is 0. The molecule has 0 saturated heterocycles. The Morgan fingerprint density at radius 1 is 0.818 bits per heavy atom. The molecule has 0 bridgehead atoms. The zero-order valence-electron chi connectivity index (χ0n) is 7.26. The molecule has 0 aliphatic rings. The van der Waals surface area contributed by atoms with E-state index in [1.165, 1.54) is 0 Å². The van der Waals surface area contributed by atoms with E-state index in [4.69, 9.17) is 33.2 Å². The number of hydrogen-bond donors (Lipinski definition) is 0. The molecule has 0 heterocycles. The van der Waals surface area contributed by atoms with Gasteiger partial charge in [-0.1, -0.05) is 20.8 Å². The topological polar surface area (TPSA) is 0 Å². The molecule has 0 spiro atoms. The third-order valence-electron chi connectivity index (χ3n) is 2.22. The standard InChI is InChI=1S/C6H15Cl3Si2/c1-4-10(7,5-2)11(8,9)6-3/h4-6H2,1-3H3. The molecule has 5 heteroatoms. The molecule has 0 radical (unpaired) electrons. The van der Waals surface area contributed by atoms with Gasteiger partial charge in [-0.25, -0.2) is 0 Å². The van der Waals surface area contributed by atoms with Crippen LogP contribution in [-0.2, 0) is 0 Å². The van der Waals surface area contributed by atoms with Gasteiger partial charge in [-0.05, 0) is 18.1 Å². The van der Waals surface area contributed by atoms with Gasteiger partial charge in [-0.2, -0.15) is 11.1 Å². The molecule has 0 rings (SSSR count). The van der Waals surface area contributed by atoms with E-state index in [0.717, 1.165) is 18.1 Å². The fourth-order valence-electron chi connectivity index (χ4n) is 1.08. The lowest BCUT2D eigenvalue weighted by molar-refractivity contribution is 1.32. The minimum Gasteiger partial charge on any atom is -0.167 e. The minimum atomic E-state index is -2.08. The summed E-state index contributed by atoms with van der Waals surface area (Å²) >= 11 is 19.0. The molecule has 0 amide bonds. The van der Waals surface area contributed by atoms with Crippen molar-refractivity contribution in [2.45, 2.75) is 38.9 Å². The lowest BCUT2D eigenvalue weighted by Crippen LogP contribution is -2.50. The van der Waals surface area contributed by atoms with Gasteiger partial charge in [0.1, 0.15) is 0 Å². The van der Waals surface area contributed by atoms with Crippen molar-refractivity contribution in [1.29, 1.82) is 0 Å². The normalized spacial score (nSPS) is 13.6. The quantitative estimate of drug-likeness (QED) is 0.517. The molecule has 11 heavy (non-hydrogen) atoms. The molecule has 0 N–H and O–H groups in total. The highest BCUT2D eigenvalue weighted by atomic mass is 35.7. The third-order valence-corrected chi connectivity index (χ3v) is 28.1. The minimum absolute atomic E-state index is 0.882. The van der Waals surface area contributed by atoms with E-state index in [2.05, 4.69) is 13.8 Å². The van der Waals surface area contributed by atoms with Crippen molar-refractivity contribution in [1.82, 2.24) is 0 Å². The van der Waals surface area contributed by atoms with E-state index in [1.807, 2.05) is 6.92 Å². The van der Waals surface area contributed by atoms with Crippen LogP contribution in [0.5, 0.6) is 0 Å². The fourth-order valence-corrected chi connectivity index (χ4v) is 14.3. The van der Waals surface area contributed by atoms with Crippen molar-refractivity contribution in [2.75, 3.05) is 0 Å². The van der Waals surface area contributed by atoms with Crippen molar-refractivity contribution < 1.29 is 0 Å². The summed E-state index contributed by atoms with van der Waals surface area (Å²) in [7, 11) is 0. The highest BCUT2D eigenvalue weighted by molar-refractivity contribution is 7.83. The highest BCUT2D eigenvalue weighted by Gasteiger charge is 2.49. The van der Waals surface area contributed by atoms with Gasteiger partial charge >= 0.3 is 0 Å². The molecule has 0 unspecified atom stereocenters. The van der Waals surface area contributed by atoms with Crippen LogP contribution in [0.1, 0.15) is 20.8 Å². The average Bonchev–Trinajstić information content (AvgIpc) is 2.02.